The molecule has 0 spiro atoms. The van der Waals surface area contributed by atoms with Crippen LogP contribution in [0.1, 0.15) is 20.3 Å². The van der Waals surface area contributed by atoms with Gasteiger partial charge in [-0.15, -0.1) is 10.2 Å². The largest absolute Gasteiger partial charge is 0.383 e. The normalized spacial score (nSPS) is 17.1. The van der Waals surface area contributed by atoms with Gasteiger partial charge in [-0.05, 0) is 32.0 Å². The average Bonchev–Trinajstić information content (AvgIpc) is 3.39. The molecule has 0 radical (unpaired) electrons. The fraction of sp³-hybridized carbons (Fsp3) is 0.600. The smallest absolute Gasteiger partial charge is 0.227 e. The van der Waals surface area contributed by atoms with Gasteiger partial charge in [-0.2, -0.15) is 0 Å². The molecule has 1 aromatic carbocycles. The van der Waals surface area contributed by atoms with Gasteiger partial charge in [0, 0.05) is 63.0 Å². The summed E-state index contributed by atoms with van der Waals surface area (Å²) < 4.78 is 15.7. The van der Waals surface area contributed by atoms with Crippen LogP contribution in [-0.2, 0) is 23.1 Å². The summed E-state index contributed by atoms with van der Waals surface area (Å²) in [5.41, 5.74) is 2.34. The first-order chi connectivity index (χ1) is 16.0. The number of aryl methyl sites for hydroxylation is 1. The molecule has 1 unspecified atom stereocenters. The zero-order valence-corrected chi connectivity index (χ0v) is 20.7. The van der Waals surface area contributed by atoms with Gasteiger partial charge in [0.2, 0.25) is 5.95 Å². The van der Waals surface area contributed by atoms with Gasteiger partial charge in [0.1, 0.15) is 0 Å². The molecule has 180 valence electrons. The monoisotopic (exact) mass is 454 g/mol. The van der Waals surface area contributed by atoms with Gasteiger partial charge in [-0.1, -0.05) is 32.0 Å². The van der Waals surface area contributed by atoms with Crippen LogP contribution in [0.25, 0.3) is 22.3 Å². The van der Waals surface area contributed by atoms with E-state index in [1.54, 1.807) is 7.11 Å². The highest BCUT2D eigenvalue weighted by Gasteiger charge is 2.28. The molecule has 3 aromatic rings. The third-order valence-electron chi connectivity index (χ3n) is 6.59. The van der Waals surface area contributed by atoms with E-state index < -0.39 is 0 Å². The molecule has 4 rings (SSSR count). The Morgan fingerprint density at radius 3 is 2.82 bits per heavy atom. The molecule has 0 aliphatic carbocycles. The van der Waals surface area contributed by atoms with Crippen LogP contribution in [-0.4, -0.2) is 83.9 Å². The van der Waals surface area contributed by atoms with Crippen LogP contribution in [0.15, 0.2) is 30.5 Å². The van der Waals surface area contributed by atoms with E-state index in [9.17, 15) is 0 Å². The Balaban J connectivity index is 1.65. The molecule has 1 fully saturated rings. The molecule has 8 heteroatoms. The summed E-state index contributed by atoms with van der Waals surface area (Å²) in [6.45, 7) is 10.4. The predicted molar refractivity (Wildman–Crippen MR) is 133 cm³/mol. The number of likely N-dealkylation sites (N-methyl/N-ethyl adjacent to an activating group) is 1. The molecule has 33 heavy (non-hydrogen) atoms. The summed E-state index contributed by atoms with van der Waals surface area (Å²) >= 11 is 0. The number of para-hydroxylation sites is 1. The van der Waals surface area contributed by atoms with Crippen LogP contribution >= 0.6 is 0 Å². The van der Waals surface area contributed by atoms with Crippen LogP contribution in [0.3, 0.4) is 0 Å². The first kappa shape index (κ1) is 23.7. The van der Waals surface area contributed by atoms with Gasteiger partial charge in [0.15, 0.2) is 5.82 Å². The van der Waals surface area contributed by atoms with Gasteiger partial charge in [-0.25, -0.2) is 0 Å². The number of morpholine rings is 1. The van der Waals surface area contributed by atoms with Crippen molar-refractivity contribution in [2.75, 3.05) is 58.5 Å². The molecule has 1 aliphatic heterocycles. The van der Waals surface area contributed by atoms with E-state index >= 15 is 0 Å². The minimum atomic E-state index is 0.213. The number of nitrogens with zero attached hydrogens (tertiary/aromatic N) is 6. The first-order valence-corrected chi connectivity index (χ1v) is 12.0. The van der Waals surface area contributed by atoms with E-state index in [1.165, 1.54) is 10.9 Å². The summed E-state index contributed by atoms with van der Waals surface area (Å²) in [5, 5.41) is 10.6. The van der Waals surface area contributed by atoms with Gasteiger partial charge < -0.3 is 23.8 Å². The lowest BCUT2D eigenvalue weighted by molar-refractivity contribution is 0.0107. The van der Waals surface area contributed by atoms with Gasteiger partial charge >= 0.3 is 0 Å². The van der Waals surface area contributed by atoms with Crippen molar-refractivity contribution in [2.45, 2.75) is 32.9 Å². The van der Waals surface area contributed by atoms with Crippen molar-refractivity contribution in [1.82, 2.24) is 24.2 Å². The quantitative estimate of drug-likeness (QED) is 0.469. The van der Waals surface area contributed by atoms with Crippen LogP contribution in [0.4, 0.5) is 5.95 Å². The van der Waals surface area contributed by atoms with E-state index in [1.807, 2.05) is 0 Å². The Morgan fingerprint density at radius 2 is 2.03 bits per heavy atom. The standard InChI is InChI=1S/C25H38N6O2/c1-19(2)23-18-30(14-16-33-23)25-27-26-24(31(25)12-8-11-28(3)13-15-32-5)21-17-29(4)22-10-7-6-9-20(21)22/h6-7,9-10,17,19,23H,8,11-16,18H2,1-5H3. The molecule has 0 N–H and O–H groups in total. The summed E-state index contributed by atoms with van der Waals surface area (Å²) in [6.07, 6.45) is 3.40. The van der Waals surface area contributed by atoms with Gasteiger partial charge in [0.25, 0.3) is 0 Å². The molecule has 0 saturated carbocycles. The van der Waals surface area contributed by atoms with E-state index in [0.717, 1.165) is 69.7 Å². The fourth-order valence-electron chi connectivity index (χ4n) is 4.57. The molecule has 1 atom stereocenters. The van der Waals surface area contributed by atoms with Crippen molar-refractivity contribution in [3.05, 3.63) is 30.5 Å². The van der Waals surface area contributed by atoms with E-state index in [-0.39, 0.29) is 6.10 Å². The fourth-order valence-corrected chi connectivity index (χ4v) is 4.57. The zero-order chi connectivity index (χ0) is 23.4. The number of anilines is 1. The molecule has 1 saturated heterocycles. The van der Waals surface area contributed by atoms with Crippen LogP contribution in [0, 0.1) is 5.92 Å². The minimum Gasteiger partial charge on any atom is -0.383 e. The lowest BCUT2D eigenvalue weighted by Gasteiger charge is -2.35. The van der Waals surface area contributed by atoms with E-state index in [0.29, 0.717) is 5.92 Å². The Kier molecular flexibility index (Phi) is 7.67. The lowest BCUT2D eigenvalue weighted by Crippen LogP contribution is -2.45. The van der Waals surface area contributed by atoms with Crippen LogP contribution in [0.5, 0.6) is 0 Å². The average molecular weight is 455 g/mol. The van der Waals surface area contributed by atoms with Crippen molar-refractivity contribution in [2.24, 2.45) is 13.0 Å². The number of hydrogen-bond acceptors (Lipinski definition) is 6. The molecule has 8 nitrogen and oxygen atoms in total. The van der Waals surface area contributed by atoms with Crippen LogP contribution < -0.4 is 4.90 Å². The topological polar surface area (TPSA) is 60.6 Å². The Bertz CT molecular complexity index is 1040. The Labute approximate surface area is 197 Å². The minimum absolute atomic E-state index is 0.213. The number of ether oxygens (including phenoxy) is 2. The van der Waals surface area contributed by atoms with Crippen LogP contribution in [0.2, 0.25) is 0 Å². The number of methoxy groups -OCH3 is 1. The molecule has 0 amide bonds. The summed E-state index contributed by atoms with van der Waals surface area (Å²) in [7, 11) is 5.99. The molecular formula is C25H38N6O2. The highest BCUT2D eigenvalue weighted by atomic mass is 16.5. The number of fused-ring (bicyclic) bond motifs is 1. The third kappa shape index (κ3) is 5.23. The van der Waals surface area contributed by atoms with Crippen molar-refractivity contribution in [1.29, 1.82) is 0 Å². The number of rotatable bonds is 10. The van der Waals surface area contributed by atoms with E-state index in [4.69, 9.17) is 19.7 Å². The predicted octanol–water partition coefficient (Wildman–Crippen LogP) is 3.27. The molecule has 3 heterocycles. The second kappa shape index (κ2) is 10.7. The van der Waals surface area contributed by atoms with Gasteiger partial charge in [-0.3, -0.25) is 4.57 Å². The Hall–Kier alpha value is -2.42. The molecule has 2 aromatic heterocycles. The van der Waals surface area contributed by atoms with Crippen molar-refractivity contribution < 1.29 is 9.47 Å². The third-order valence-corrected chi connectivity index (χ3v) is 6.59. The zero-order valence-electron chi connectivity index (χ0n) is 20.7. The van der Waals surface area contributed by atoms with Crippen molar-refractivity contribution >= 4 is 16.9 Å². The van der Waals surface area contributed by atoms with Crippen molar-refractivity contribution in [3.63, 3.8) is 0 Å². The highest BCUT2D eigenvalue weighted by molar-refractivity contribution is 5.94. The Morgan fingerprint density at radius 1 is 1.21 bits per heavy atom. The molecule has 1 aliphatic rings. The first-order valence-electron chi connectivity index (χ1n) is 12.0. The van der Waals surface area contributed by atoms with Crippen molar-refractivity contribution in [3.8, 4) is 11.4 Å². The van der Waals surface area contributed by atoms with E-state index in [2.05, 4.69) is 77.3 Å². The SMILES string of the molecule is COCCN(C)CCCn1c(-c2cn(C)c3ccccc23)nnc1N1CCOC(C(C)C)C1. The number of aromatic nitrogens is 4. The van der Waals surface area contributed by atoms with Gasteiger partial charge in [0.05, 0.1) is 19.3 Å². The number of hydrogen-bond donors (Lipinski definition) is 0. The molecule has 0 bridgehead atoms. The lowest BCUT2D eigenvalue weighted by atomic mass is 10.1. The second-order valence-electron chi connectivity index (χ2n) is 9.39. The second-order valence-corrected chi connectivity index (χ2v) is 9.39. The highest BCUT2D eigenvalue weighted by Crippen LogP contribution is 2.32. The summed E-state index contributed by atoms with van der Waals surface area (Å²) in [5.74, 6) is 2.36. The summed E-state index contributed by atoms with van der Waals surface area (Å²) in [4.78, 5) is 4.67. The summed E-state index contributed by atoms with van der Waals surface area (Å²) in [6, 6.07) is 8.50. The maximum atomic E-state index is 6.01. The molecular weight excluding hydrogens is 416 g/mol. The maximum Gasteiger partial charge on any atom is 0.227 e. The number of benzene rings is 1. The maximum absolute atomic E-state index is 6.01.